The van der Waals surface area contributed by atoms with E-state index < -0.39 is 10.2 Å². The van der Waals surface area contributed by atoms with E-state index in [4.69, 9.17) is 4.74 Å². The van der Waals surface area contributed by atoms with Crippen LogP contribution < -0.4 is 10.1 Å². The Bertz CT molecular complexity index is 830. The fourth-order valence-corrected chi connectivity index (χ4v) is 4.84. The lowest BCUT2D eigenvalue weighted by molar-refractivity contribution is -0.118. The van der Waals surface area contributed by atoms with E-state index >= 15 is 0 Å². The smallest absolute Gasteiger partial charge is 0.282 e. The van der Waals surface area contributed by atoms with Crippen LogP contribution in [-0.2, 0) is 15.0 Å². The summed E-state index contributed by atoms with van der Waals surface area (Å²) in [6.45, 7) is 5.56. The number of fused-ring (bicyclic) bond motifs is 1. The van der Waals surface area contributed by atoms with Crippen LogP contribution in [0.15, 0.2) is 18.2 Å². The highest BCUT2D eigenvalue weighted by molar-refractivity contribution is 7.86. The molecule has 9 nitrogen and oxygen atoms in total. The summed E-state index contributed by atoms with van der Waals surface area (Å²) in [4.78, 5) is 25.8. The number of hydrogen-bond donors (Lipinski definition) is 1. The molecule has 0 saturated carbocycles. The van der Waals surface area contributed by atoms with Crippen molar-refractivity contribution in [2.24, 2.45) is 0 Å². The molecule has 1 fully saturated rings. The molecule has 1 aromatic rings. The molecule has 1 N–H and O–H groups in total. The van der Waals surface area contributed by atoms with Gasteiger partial charge >= 0.3 is 0 Å². The van der Waals surface area contributed by atoms with Gasteiger partial charge in [-0.05, 0) is 18.2 Å². The average Bonchev–Trinajstić information content (AvgIpc) is 2.67. The molecule has 0 atom stereocenters. The molecule has 27 heavy (non-hydrogen) atoms. The Kier molecular flexibility index (Phi) is 5.68. The van der Waals surface area contributed by atoms with Crippen molar-refractivity contribution in [2.45, 2.75) is 13.8 Å². The third-order valence-corrected chi connectivity index (χ3v) is 6.93. The van der Waals surface area contributed by atoms with Gasteiger partial charge in [0.25, 0.3) is 22.0 Å². The minimum absolute atomic E-state index is 0.0384. The van der Waals surface area contributed by atoms with Crippen molar-refractivity contribution in [1.29, 1.82) is 0 Å². The predicted octanol–water partition coefficient (Wildman–Crippen LogP) is 0.362. The SMILES string of the molecule is CCN(CC)S(=O)(=O)N1CCN(C(=O)c2ccc3c(c2)NC(=O)CO3)CC1. The molecule has 0 aromatic heterocycles. The molecule has 2 heterocycles. The van der Waals surface area contributed by atoms with E-state index in [1.54, 1.807) is 36.9 Å². The van der Waals surface area contributed by atoms with Gasteiger partial charge in [0.05, 0.1) is 5.69 Å². The molecule has 1 aromatic carbocycles. The van der Waals surface area contributed by atoms with Crippen LogP contribution in [0.3, 0.4) is 0 Å². The van der Waals surface area contributed by atoms with Crippen molar-refractivity contribution < 1.29 is 22.7 Å². The Morgan fingerprint density at radius 2 is 1.85 bits per heavy atom. The molecule has 0 unspecified atom stereocenters. The van der Waals surface area contributed by atoms with Crippen LogP contribution in [0, 0.1) is 0 Å². The van der Waals surface area contributed by atoms with E-state index in [9.17, 15) is 18.0 Å². The molecule has 148 valence electrons. The van der Waals surface area contributed by atoms with E-state index in [1.807, 2.05) is 0 Å². The van der Waals surface area contributed by atoms with Gasteiger partial charge in [-0.1, -0.05) is 13.8 Å². The Morgan fingerprint density at radius 1 is 1.19 bits per heavy atom. The second-order valence-corrected chi connectivity index (χ2v) is 8.26. The highest BCUT2D eigenvalue weighted by atomic mass is 32.2. The number of hydrogen-bond acceptors (Lipinski definition) is 5. The summed E-state index contributed by atoms with van der Waals surface area (Å²) < 4.78 is 33.3. The number of benzene rings is 1. The first-order valence-electron chi connectivity index (χ1n) is 8.98. The number of ether oxygens (including phenoxy) is 1. The lowest BCUT2D eigenvalue weighted by Crippen LogP contribution is -2.54. The zero-order chi connectivity index (χ0) is 19.6. The van der Waals surface area contributed by atoms with Gasteiger partial charge in [-0.15, -0.1) is 0 Å². The lowest BCUT2D eigenvalue weighted by atomic mass is 10.1. The van der Waals surface area contributed by atoms with Gasteiger partial charge in [-0.2, -0.15) is 17.0 Å². The maximum absolute atomic E-state index is 12.8. The summed E-state index contributed by atoms with van der Waals surface area (Å²) in [7, 11) is -3.49. The van der Waals surface area contributed by atoms with Crippen molar-refractivity contribution >= 4 is 27.7 Å². The molecule has 0 radical (unpaired) electrons. The quantitative estimate of drug-likeness (QED) is 0.775. The molecule has 2 amide bonds. The largest absolute Gasteiger partial charge is 0.482 e. The van der Waals surface area contributed by atoms with E-state index in [2.05, 4.69) is 5.32 Å². The van der Waals surface area contributed by atoms with Crippen molar-refractivity contribution in [3.8, 4) is 5.75 Å². The number of nitrogens with zero attached hydrogens (tertiary/aromatic N) is 3. The predicted molar refractivity (Wildman–Crippen MR) is 99.9 cm³/mol. The normalized spacial score (nSPS) is 18.0. The Labute approximate surface area is 159 Å². The first-order chi connectivity index (χ1) is 12.9. The number of anilines is 1. The van der Waals surface area contributed by atoms with Crippen molar-refractivity contribution in [1.82, 2.24) is 13.5 Å². The monoisotopic (exact) mass is 396 g/mol. The Morgan fingerprint density at radius 3 is 2.48 bits per heavy atom. The second-order valence-electron chi connectivity index (χ2n) is 6.33. The van der Waals surface area contributed by atoms with E-state index in [1.165, 1.54) is 8.61 Å². The van der Waals surface area contributed by atoms with Gasteiger partial charge in [-0.25, -0.2) is 0 Å². The summed E-state index contributed by atoms with van der Waals surface area (Å²) in [5.74, 6) is 0.0705. The van der Waals surface area contributed by atoms with E-state index in [0.717, 1.165) is 0 Å². The topological polar surface area (TPSA) is 99.3 Å². The van der Waals surface area contributed by atoms with Gasteiger partial charge in [0.15, 0.2) is 6.61 Å². The van der Waals surface area contributed by atoms with Crippen molar-refractivity contribution in [3.05, 3.63) is 23.8 Å². The second kappa shape index (κ2) is 7.83. The molecule has 2 aliphatic heterocycles. The van der Waals surface area contributed by atoms with E-state index in [0.29, 0.717) is 43.2 Å². The molecule has 0 spiro atoms. The molecule has 10 heteroatoms. The summed E-state index contributed by atoms with van der Waals surface area (Å²) >= 11 is 0. The fraction of sp³-hybridized carbons (Fsp3) is 0.529. The number of nitrogens with one attached hydrogen (secondary N) is 1. The first kappa shape index (κ1) is 19.6. The highest BCUT2D eigenvalue weighted by Crippen LogP contribution is 2.29. The first-order valence-corrected chi connectivity index (χ1v) is 10.4. The summed E-state index contributed by atoms with van der Waals surface area (Å²) in [5.41, 5.74) is 0.902. The fourth-order valence-electron chi connectivity index (χ4n) is 3.23. The van der Waals surface area contributed by atoms with Crippen molar-refractivity contribution in [3.63, 3.8) is 0 Å². The molecule has 0 bridgehead atoms. The van der Waals surface area contributed by atoms with Crippen LogP contribution in [0.1, 0.15) is 24.2 Å². The standard InChI is InChI=1S/C17H24N4O5S/c1-3-20(4-2)27(24,25)21-9-7-19(8-10-21)17(23)13-5-6-15-14(11-13)18-16(22)12-26-15/h5-6,11H,3-4,7-10,12H2,1-2H3,(H,18,22). The van der Waals surface area contributed by atoms with Crippen molar-refractivity contribution in [2.75, 3.05) is 51.2 Å². The van der Waals surface area contributed by atoms with Crippen LogP contribution >= 0.6 is 0 Å². The third kappa shape index (κ3) is 3.92. The minimum atomic E-state index is -3.49. The Hall–Kier alpha value is -2.17. The molecule has 2 aliphatic rings. The van der Waals surface area contributed by atoms with Gasteiger partial charge in [0, 0.05) is 44.8 Å². The number of rotatable bonds is 5. The maximum Gasteiger partial charge on any atom is 0.282 e. The molecule has 3 rings (SSSR count). The zero-order valence-electron chi connectivity index (χ0n) is 15.5. The Balaban J connectivity index is 1.67. The highest BCUT2D eigenvalue weighted by Gasteiger charge is 2.32. The van der Waals surface area contributed by atoms with Gasteiger partial charge < -0.3 is 15.0 Å². The maximum atomic E-state index is 12.8. The van der Waals surface area contributed by atoms with Gasteiger partial charge in [-0.3, -0.25) is 9.59 Å². The van der Waals surface area contributed by atoms with E-state index in [-0.39, 0.29) is 31.5 Å². The zero-order valence-corrected chi connectivity index (χ0v) is 16.3. The van der Waals surface area contributed by atoms with Gasteiger partial charge in [0.2, 0.25) is 0 Å². The molecule has 1 saturated heterocycles. The number of carbonyl (C=O) groups excluding carboxylic acids is 2. The summed E-state index contributed by atoms with van der Waals surface area (Å²) in [6.07, 6.45) is 0. The summed E-state index contributed by atoms with van der Waals surface area (Å²) in [6, 6.07) is 4.90. The number of piperazine rings is 1. The number of amides is 2. The van der Waals surface area contributed by atoms with Crippen LogP contribution in [-0.4, -0.2) is 79.6 Å². The van der Waals surface area contributed by atoms with Gasteiger partial charge in [0.1, 0.15) is 5.75 Å². The molecule has 0 aliphatic carbocycles. The van der Waals surface area contributed by atoms with Crippen LogP contribution in [0.25, 0.3) is 0 Å². The summed E-state index contributed by atoms with van der Waals surface area (Å²) in [5, 5.41) is 2.68. The third-order valence-electron chi connectivity index (χ3n) is 4.74. The minimum Gasteiger partial charge on any atom is -0.482 e. The van der Waals surface area contributed by atoms with Crippen LogP contribution in [0.2, 0.25) is 0 Å². The lowest BCUT2D eigenvalue weighted by Gasteiger charge is -2.36. The average molecular weight is 396 g/mol. The van der Waals surface area contributed by atoms with Crippen LogP contribution in [0.5, 0.6) is 5.75 Å². The molecular formula is C17H24N4O5S. The number of carbonyl (C=O) groups is 2. The van der Waals surface area contributed by atoms with Crippen LogP contribution in [0.4, 0.5) is 5.69 Å². The molecular weight excluding hydrogens is 372 g/mol.